The minimum atomic E-state index is -0.728. The molecule has 3 amide bonds. The van der Waals surface area contributed by atoms with Crippen molar-refractivity contribution in [3.8, 4) is 0 Å². The average Bonchev–Trinajstić information content (AvgIpc) is 2.74. The van der Waals surface area contributed by atoms with E-state index in [1.807, 2.05) is 19.1 Å². The number of aromatic nitrogens is 2. The molecule has 0 spiro atoms. The second kappa shape index (κ2) is 10.2. The molecule has 1 fully saturated rings. The molecular weight excluding hydrogens is 434 g/mol. The number of ether oxygens (including phenoxy) is 1. The number of carbonyl (C=O) groups excluding carboxylic acids is 3. The monoisotopic (exact) mass is 467 g/mol. The van der Waals surface area contributed by atoms with Crippen LogP contribution in [0.25, 0.3) is 0 Å². The highest BCUT2D eigenvalue weighted by atomic mass is 16.6. The zero-order chi connectivity index (χ0) is 25.0. The van der Waals surface area contributed by atoms with Gasteiger partial charge in [0, 0.05) is 18.4 Å². The van der Waals surface area contributed by atoms with Gasteiger partial charge in [-0.2, -0.15) is 0 Å². The Morgan fingerprint density at radius 1 is 1.06 bits per heavy atom. The number of likely N-dealkylation sites (tertiary alicyclic amines) is 1. The highest BCUT2D eigenvalue weighted by Gasteiger charge is 2.34. The Balaban J connectivity index is 1.70. The van der Waals surface area contributed by atoms with E-state index in [0.29, 0.717) is 29.5 Å². The van der Waals surface area contributed by atoms with Crippen LogP contribution in [0.3, 0.4) is 0 Å². The molecule has 0 bridgehead atoms. The molecule has 34 heavy (non-hydrogen) atoms. The molecule has 0 unspecified atom stereocenters. The molecule has 1 aliphatic rings. The van der Waals surface area contributed by atoms with Crippen LogP contribution in [0.4, 0.5) is 16.3 Å². The second-order valence-corrected chi connectivity index (χ2v) is 9.86. The molecule has 9 heteroatoms. The zero-order valence-electron chi connectivity index (χ0n) is 20.6. The molecule has 3 heterocycles. The van der Waals surface area contributed by atoms with Crippen LogP contribution in [0.15, 0.2) is 30.6 Å². The number of hydrogen-bond acceptors (Lipinski definition) is 6. The lowest BCUT2D eigenvalue weighted by Crippen LogP contribution is -2.46. The van der Waals surface area contributed by atoms with Crippen molar-refractivity contribution in [2.45, 2.75) is 66.0 Å². The fourth-order valence-electron chi connectivity index (χ4n) is 3.89. The first-order valence-electron chi connectivity index (χ1n) is 11.4. The fourth-order valence-corrected chi connectivity index (χ4v) is 3.89. The van der Waals surface area contributed by atoms with Crippen molar-refractivity contribution in [2.24, 2.45) is 5.92 Å². The molecule has 0 aliphatic carbocycles. The van der Waals surface area contributed by atoms with Gasteiger partial charge in [0.25, 0.3) is 0 Å². The maximum Gasteiger partial charge on any atom is 0.413 e. The Morgan fingerprint density at radius 2 is 1.79 bits per heavy atom. The Hall–Kier alpha value is -3.49. The van der Waals surface area contributed by atoms with E-state index in [2.05, 4.69) is 27.5 Å². The van der Waals surface area contributed by atoms with E-state index in [0.717, 1.165) is 24.1 Å². The third-order valence-corrected chi connectivity index (χ3v) is 5.55. The van der Waals surface area contributed by atoms with Gasteiger partial charge in [0.15, 0.2) is 0 Å². The first-order valence-corrected chi connectivity index (χ1v) is 11.4. The lowest BCUT2D eigenvalue weighted by molar-refractivity contribution is -0.146. The maximum atomic E-state index is 13.1. The van der Waals surface area contributed by atoms with Gasteiger partial charge in [-0.3, -0.25) is 19.9 Å². The lowest BCUT2D eigenvalue weighted by Gasteiger charge is -2.38. The van der Waals surface area contributed by atoms with Crippen molar-refractivity contribution in [2.75, 3.05) is 17.2 Å². The number of amides is 3. The Morgan fingerprint density at radius 3 is 2.41 bits per heavy atom. The van der Waals surface area contributed by atoms with E-state index in [-0.39, 0.29) is 6.04 Å². The van der Waals surface area contributed by atoms with Crippen LogP contribution in [0.2, 0.25) is 0 Å². The summed E-state index contributed by atoms with van der Waals surface area (Å²) in [7, 11) is 0. The van der Waals surface area contributed by atoms with E-state index in [9.17, 15) is 14.4 Å². The van der Waals surface area contributed by atoms with Gasteiger partial charge in [0.05, 0.1) is 17.9 Å². The van der Waals surface area contributed by atoms with Crippen LogP contribution in [0, 0.1) is 19.8 Å². The number of anilines is 2. The first kappa shape index (κ1) is 25.1. The third kappa shape index (κ3) is 6.52. The van der Waals surface area contributed by atoms with Crippen LogP contribution in [-0.2, 0) is 14.3 Å². The van der Waals surface area contributed by atoms with Gasteiger partial charge >= 0.3 is 17.9 Å². The van der Waals surface area contributed by atoms with Gasteiger partial charge in [-0.05, 0) is 76.6 Å². The van der Waals surface area contributed by atoms with Crippen molar-refractivity contribution in [3.05, 3.63) is 47.4 Å². The SMILES string of the molecule is Cc1ccc([C@@H]2CC[C@@H](C)CN2C(=O)C(=O)Nc2cnc(NC(=O)OC(C)(C)C)c(C)c2)cn1. The molecule has 0 aromatic carbocycles. The maximum absolute atomic E-state index is 13.1. The van der Waals surface area contributed by atoms with Crippen LogP contribution < -0.4 is 10.6 Å². The number of pyridine rings is 2. The smallest absolute Gasteiger partial charge is 0.413 e. The standard InChI is InChI=1S/C25H33N5O4/c1-15-7-10-20(18-9-8-17(3)26-12-18)30(14-15)23(32)22(31)28-19-11-16(2)21(27-13-19)29-24(33)34-25(4,5)6/h8-9,11-13,15,20H,7,10,14H2,1-6H3,(H,28,31)(H,27,29,33)/t15-,20+/m1/s1. The van der Waals surface area contributed by atoms with Crippen LogP contribution >= 0.6 is 0 Å². The van der Waals surface area contributed by atoms with Crippen molar-refractivity contribution in [1.29, 1.82) is 0 Å². The molecule has 2 aromatic heterocycles. The first-order chi connectivity index (χ1) is 15.9. The fraction of sp³-hybridized carbons (Fsp3) is 0.480. The van der Waals surface area contributed by atoms with Crippen molar-refractivity contribution in [3.63, 3.8) is 0 Å². The number of rotatable bonds is 3. The number of nitrogens with zero attached hydrogens (tertiary/aromatic N) is 3. The Kier molecular flexibility index (Phi) is 7.54. The van der Waals surface area contributed by atoms with E-state index >= 15 is 0 Å². The normalized spacial score (nSPS) is 18.2. The third-order valence-electron chi connectivity index (χ3n) is 5.55. The molecule has 2 aromatic rings. The largest absolute Gasteiger partial charge is 0.444 e. The van der Waals surface area contributed by atoms with Crippen LogP contribution in [0.1, 0.15) is 63.4 Å². The van der Waals surface area contributed by atoms with E-state index in [1.165, 1.54) is 6.20 Å². The van der Waals surface area contributed by atoms with E-state index in [1.54, 1.807) is 44.9 Å². The number of hydrogen-bond donors (Lipinski definition) is 2. The molecule has 1 aliphatic heterocycles. The highest BCUT2D eigenvalue weighted by Crippen LogP contribution is 2.33. The van der Waals surface area contributed by atoms with Crippen molar-refractivity contribution < 1.29 is 19.1 Å². The lowest BCUT2D eigenvalue weighted by atomic mass is 9.90. The van der Waals surface area contributed by atoms with Gasteiger partial charge in [-0.15, -0.1) is 0 Å². The topological polar surface area (TPSA) is 114 Å². The van der Waals surface area contributed by atoms with E-state index < -0.39 is 23.5 Å². The summed E-state index contributed by atoms with van der Waals surface area (Å²) >= 11 is 0. The van der Waals surface area contributed by atoms with Crippen LogP contribution in [-0.4, -0.2) is 44.9 Å². The van der Waals surface area contributed by atoms with Gasteiger partial charge in [-0.25, -0.2) is 9.78 Å². The molecular formula is C25H33N5O4. The summed E-state index contributed by atoms with van der Waals surface area (Å²) in [5.74, 6) is -0.706. The minimum absolute atomic E-state index is 0.192. The summed E-state index contributed by atoms with van der Waals surface area (Å²) in [6, 6.07) is 5.33. The van der Waals surface area contributed by atoms with Gasteiger partial charge in [0.2, 0.25) is 0 Å². The summed E-state index contributed by atoms with van der Waals surface area (Å²) in [4.78, 5) is 48.2. The number of nitrogens with one attached hydrogen (secondary N) is 2. The molecule has 3 rings (SSSR count). The predicted molar refractivity (Wildman–Crippen MR) is 129 cm³/mol. The summed E-state index contributed by atoms with van der Waals surface area (Å²) in [5.41, 5.74) is 2.17. The van der Waals surface area contributed by atoms with Crippen molar-refractivity contribution in [1.82, 2.24) is 14.9 Å². The Bertz CT molecular complexity index is 1060. The molecule has 2 N–H and O–H groups in total. The number of carbonyl (C=O) groups is 3. The summed E-state index contributed by atoms with van der Waals surface area (Å²) < 4.78 is 5.24. The van der Waals surface area contributed by atoms with Gasteiger partial charge in [0.1, 0.15) is 11.4 Å². The molecule has 1 saturated heterocycles. The van der Waals surface area contributed by atoms with Gasteiger partial charge < -0.3 is 15.0 Å². The summed E-state index contributed by atoms with van der Waals surface area (Å²) in [6.07, 6.45) is 4.30. The second-order valence-electron chi connectivity index (χ2n) is 9.86. The quantitative estimate of drug-likeness (QED) is 0.648. The molecule has 9 nitrogen and oxygen atoms in total. The number of piperidine rings is 1. The molecule has 2 atom stereocenters. The number of aryl methyl sites for hydroxylation is 2. The predicted octanol–water partition coefficient (Wildman–Crippen LogP) is 4.38. The molecule has 0 saturated carbocycles. The van der Waals surface area contributed by atoms with Gasteiger partial charge in [-0.1, -0.05) is 13.0 Å². The Labute approximate surface area is 200 Å². The molecule has 0 radical (unpaired) electrons. The minimum Gasteiger partial charge on any atom is -0.444 e. The summed E-state index contributed by atoms with van der Waals surface area (Å²) in [6.45, 7) is 11.5. The van der Waals surface area contributed by atoms with E-state index in [4.69, 9.17) is 4.74 Å². The zero-order valence-corrected chi connectivity index (χ0v) is 20.6. The highest BCUT2D eigenvalue weighted by molar-refractivity contribution is 6.39. The average molecular weight is 468 g/mol. The molecule has 182 valence electrons. The van der Waals surface area contributed by atoms with Crippen molar-refractivity contribution >= 4 is 29.4 Å². The van der Waals surface area contributed by atoms with Crippen LogP contribution in [0.5, 0.6) is 0 Å². The summed E-state index contributed by atoms with van der Waals surface area (Å²) in [5, 5.41) is 5.23.